The van der Waals surface area contributed by atoms with Crippen LogP contribution in [0.5, 0.6) is 0 Å². The van der Waals surface area contributed by atoms with Crippen LogP contribution in [0.15, 0.2) is 271 Å². The highest BCUT2D eigenvalue weighted by molar-refractivity contribution is 6.16. The van der Waals surface area contributed by atoms with Gasteiger partial charge >= 0.3 is 0 Å². The number of anilines is 3. The molecule has 11 aromatic carbocycles. The van der Waals surface area contributed by atoms with Crippen molar-refractivity contribution < 1.29 is 4.42 Å². The van der Waals surface area contributed by atoms with Gasteiger partial charge in [-0.25, -0.2) is 0 Å². The van der Waals surface area contributed by atoms with Crippen molar-refractivity contribution in [3.05, 3.63) is 289 Å². The van der Waals surface area contributed by atoms with Crippen molar-refractivity contribution in [3.63, 3.8) is 0 Å². The molecule has 3 heteroatoms. The smallest absolute Gasteiger partial charge is 0.143 e. The van der Waals surface area contributed by atoms with Gasteiger partial charge in [0.25, 0.3) is 0 Å². The molecule has 0 bridgehead atoms. The highest BCUT2D eigenvalue weighted by Crippen LogP contribution is 2.59. The summed E-state index contributed by atoms with van der Waals surface area (Å²) in [6, 6.07) is 97.2. The van der Waals surface area contributed by atoms with E-state index in [-0.39, 0.29) is 0 Å². The first kappa shape index (κ1) is 39.9. The molecule has 2 aromatic heterocycles. The normalized spacial score (nSPS) is 12.7. The molecule has 0 saturated carbocycles. The van der Waals surface area contributed by atoms with Crippen molar-refractivity contribution in [2.45, 2.75) is 5.41 Å². The summed E-state index contributed by atoms with van der Waals surface area (Å²) in [4.78, 5) is 2.46. The molecule has 1 aliphatic carbocycles. The van der Waals surface area contributed by atoms with Crippen LogP contribution in [-0.4, -0.2) is 4.57 Å². The van der Waals surface area contributed by atoms with Gasteiger partial charge in [-0.15, -0.1) is 0 Å². The minimum absolute atomic E-state index is 0.535. The monoisotopic (exact) mass is 892 g/mol. The predicted molar refractivity (Wildman–Crippen MR) is 291 cm³/mol. The summed E-state index contributed by atoms with van der Waals surface area (Å²) in [5, 5.41) is 4.74. The van der Waals surface area contributed by atoms with Crippen LogP contribution in [0.25, 0.3) is 82.8 Å². The molecular weight excluding hydrogens is 849 g/mol. The predicted octanol–water partition coefficient (Wildman–Crippen LogP) is 17.8. The number of rotatable bonds is 8. The van der Waals surface area contributed by atoms with Crippen molar-refractivity contribution in [2.24, 2.45) is 0 Å². The van der Waals surface area contributed by atoms with Crippen LogP contribution in [0.1, 0.15) is 22.3 Å². The molecular formula is C67H44N2O. The number of hydrogen-bond donors (Lipinski definition) is 0. The summed E-state index contributed by atoms with van der Waals surface area (Å²) in [5.74, 6) is 0. The zero-order valence-corrected chi connectivity index (χ0v) is 38.2. The maximum Gasteiger partial charge on any atom is 0.143 e. The second kappa shape index (κ2) is 16.0. The van der Waals surface area contributed by atoms with E-state index in [0.717, 1.165) is 61.4 Å². The second-order valence-corrected chi connectivity index (χ2v) is 18.3. The van der Waals surface area contributed by atoms with E-state index in [0.29, 0.717) is 0 Å². The van der Waals surface area contributed by atoms with Gasteiger partial charge in [-0.2, -0.15) is 0 Å². The lowest BCUT2D eigenvalue weighted by Gasteiger charge is -2.34. The van der Waals surface area contributed by atoms with Gasteiger partial charge in [0.1, 0.15) is 11.2 Å². The summed E-state index contributed by atoms with van der Waals surface area (Å²) in [6.45, 7) is 0. The molecule has 70 heavy (non-hydrogen) atoms. The Bertz CT molecular complexity index is 4050. The Labute approximate surface area is 406 Å². The lowest BCUT2D eigenvalue weighted by molar-refractivity contribution is 0.670. The van der Waals surface area contributed by atoms with E-state index in [1.807, 2.05) is 6.07 Å². The minimum Gasteiger partial charge on any atom is -0.455 e. The molecule has 0 aliphatic heterocycles. The topological polar surface area (TPSA) is 21.3 Å². The molecule has 0 radical (unpaired) electrons. The van der Waals surface area contributed by atoms with Crippen molar-refractivity contribution in [3.8, 4) is 39.1 Å². The van der Waals surface area contributed by atoms with Crippen LogP contribution in [-0.2, 0) is 5.41 Å². The van der Waals surface area contributed by atoms with Gasteiger partial charge in [0.05, 0.1) is 22.1 Å². The second-order valence-electron chi connectivity index (χ2n) is 18.3. The Morgan fingerprint density at radius 2 is 0.871 bits per heavy atom. The van der Waals surface area contributed by atoms with E-state index < -0.39 is 5.41 Å². The molecule has 0 unspecified atom stereocenters. The maximum atomic E-state index is 6.54. The third kappa shape index (κ3) is 5.95. The molecule has 0 amide bonds. The van der Waals surface area contributed by atoms with E-state index in [1.165, 1.54) is 60.8 Å². The first-order valence-corrected chi connectivity index (χ1v) is 24.1. The third-order valence-electron chi connectivity index (χ3n) is 14.7. The largest absolute Gasteiger partial charge is 0.455 e. The summed E-state index contributed by atoms with van der Waals surface area (Å²) in [5.41, 5.74) is 20.1. The quantitative estimate of drug-likeness (QED) is 0.152. The molecule has 0 N–H and O–H groups in total. The highest BCUT2D eigenvalue weighted by atomic mass is 16.3. The zero-order chi connectivity index (χ0) is 46.2. The lowest BCUT2D eigenvalue weighted by Crippen LogP contribution is -2.28. The minimum atomic E-state index is -0.535. The molecule has 13 aromatic rings. The van der Waals surface area contributed by atoms with E-state index in [1.54, 1.807) is 0 Å². The van der Waals surface area contributed by atoms with Gasteiger partial charge in [-0.1, -0.05) is 206 Å². The summed E-state index contributed by atoms with van der Waals surface area (Å²) < 4.78 is 8.93. The SMILES string of the molecule is c1ccc(-n2c3ccccc3c3c(-c4ccc(N(c5ccc(-c6cccc7c6oc6ccccc67)cc5)c5cccc6c5-c5ccccc5C6(c5ccccc5)c5ccccc5)cc4)cccc32)cc1. The number of fused-ring (bicyclic) bond motifs is 9. The molecule has 328 valence electrons. The Balaban J connectivity index is 0.972. The molecule has 3 nitrogen and oxygen atoms in total. The third-order valence-corrected chi connectivity index (χ3v) is 14.7. The molecule has 0 saturated heterocycles. The van der Waals surface area contributed by atoms with Crippen LogP contribution in [0.4, 0.5) is 17.1 Å². The van der Waals surface area contributed by atoms with Crippen molar-refractivity contribution in [2.75, 3.05) is 4.90 Å². The van der Waals surface area contributed by atoms with Gasteiger partial charge in [0, 0.05) is 49.7 Å². The fourth-order valence-electron chi connectivity index (χ4n) is 11.8. The molecule has 0 fully saturated rings. The molecule has 2 heterocycles. The summed E-state index contributed by atoms with van der Waals surface area (Å²) >= 11 is 0. The van der Waals surface area contributed by atoms with E-state index in [4.69, 9.17) is 4.42 Å². The van der Waals surface area contributed by atoms with Crippen LogP contribution < -0.4 is 4.90 Å². The zero-order valence-electron chi connectivity index (χ0n) is 38.2. The Hall–Kier alpha value is -9.18. The van der Waals surface area contributed by atoms with Crippen LogP contribution in [0.3, 0.4) is 0 Å². The van der Waals surface area contributed by atoms with Gasteiger partial charge in [0.15, 0.2) is 0 Å². The molecule has 0 atom stereocenters. The first-order chi connectivity index (χ1) is 34.8. The van der Waals surface area contributed by atoms with Crippen molar-refractivity contribution in [1.82, 2.24) is 4.57 Å². The number of furan rings is 1. The van der Waals surface area contributed by atoms with Crippen LogP contribution in [0.2, 0.25) is 0 Å². The van der Waals surface area contributed by atoms with Crippen molar-refractivity contribution >= 4 is 60.8 Å². The summed E-state index contributed by atoms with van der Waals surface area (Å²) in [6.07, 6.45) is 0. The standard InChI is InChI=1S/C67H44N2O/c1-4-19-47(20-5-1)67(48-21-6-2-7-22-48)58-31-13-10-26-56(58)65-59(67)32-18-35-62(65)68(51-43-39-46(40-44-51)53-29-16-30-55-54-25-12-15-36-63(54)70-66(53)55)50-41-37-45(38-42-50)52-28-17-34-61-64(52)57-27-11-14-33-60(57)69(61)49-23-8-3-9-24-49/h1-44H. The number of nitrogens with zero attached hydrogens (tertiary/aromatic N) is 2. The van der Waals surface area contributed by atoms with E-state index in [2.05, 4.69) is 270 Å². The Morgan fingerprint density at radius 3 is 1.60 bits per heavy atom. The van der Waals surface area contributed by atoms with Gasteiger partial charge in [-0.3, -0.25) is 0 Å². The molecule has 0 spiro atoms. The fourth-order valence-corrected chi connectivity index (χ4v) is 11.8. The highest BCUT2D eigenvalue weighted by Gasteiger charge is 2.47. The van der Waals surface area contributed by atoms with Gasteiger partial charge in [0.2, 0.25) is 0 Å². The first-order valence-electron chi connectivity index (χ1n) is 24.1. The average Bonchev–Trinajstić information content (AvgIpc) is 4.10. The lowest BCUT2D eigenvalue weighted by atomic mass is 9.68. The Kier molecular flexibility index (Phi) is 9.11. The van der Waals surface area contributed by atoms with Crippen LogP contribution in [0, 0.1) is 0 Å². The maximum absolute atomic E-state index is 6.54. The van der Waals surface area contributed by atoms with Gasteiger partial charge < -0.3 is 13.9 Å². The number of benzene rings is 11. The fraction of sp³-hybridized carbons (Fsp3) is 0.0149. The van der Waals surface area contributed by atoms with Gasteiger partial charge in [-0.05, 0) is 105 Å². The van der Waals surface area contributed by atoms with E-state index >= 15 is 0 Å². The summed E-state index contributed by atoms with van der Waals surface area (Å²) in [7, 11) is 0. The average molecular weight is 893 g/mol. The van der Waals surface area contributed by atoms with Crippen LogP contribution >= 0.6 is 0 Å². The Morgan fingerprint density at radius 1 is 0.357 bits per heavy atom. The van der Waals surface area contributed by atoms with E-state index in [9.17, 15) is 0 Å². The molecule has 14 rings (SSSR count). The number of hydrogen-bond acceptors (Lipinski definition) is 2. The number of para-hydroxylation sites is 4. The molecule has 1 aliphatic rings. The number of aromatic nitrogens is 1. The van der Waals surface area contributed by atoms with Crippen molar-refractivity contribution in [1.29, 1.82) is 0 Å².